The Morgan fingerprint density at radius 3 is 1.17 bits per heavy atom. The van der Waals surface area contributed by atoms with Gasteiger partial charge >= 0.3 is 81.1 Å². The van der Waals surface area contributed by atoms with Crippen LogP contribution in [0, 0.1) is 0 Å². The first-order chi connectivity index (χ1) is 14.4. The van der Waals surface area contributed by atoms with Gasteiger partial charge in [-0.3, -0.25) is 0 Å². The smallest absolute Gasteiger partial charge is 0.870 e. The van der Waals surface area contributed by atoms with E-state index in [0.717, 1.165) is 0 Å². The second kappa shape index (κ2) is 16.1. The number of hydrogen-bond donors (Lipinski definition) is 4. The summed E-state index contributed by atoms with van der Waals surface area (Å²) in [6.45, 7) is -2.08. The van der Waals surface area contributed by atoms with Gasteiger partial charge in [0.25, 0.3) is 0 Å². The van der Waals surface area contributed by atoms with Gasteiger partial charge in [0.1, 0.15) is 24.4 Å². The van der Waals surface area contributed by atoms with Gasteiger partial charge in [0.05, 0.1) is 28.9 Å². The van der Waals surface area contributed by atoms with Gasteiger partial charge in [-0.2, -0.15) is 0 Å². The molecule has 184 valence electrons. The van der Waals surface area contributed by atoms with Gasteiger partial charge in [0, 0.05) is 0 Å². The predicted octanol–water partition coefficient (Wildman–Crippen LogP) is -8.65. The Balaban J connectivity index is -0.000000539. The molecular weight excluding hydrogens is 567 g/mol. The maximum atomic E-state index is 11.0. The molecule has 0 aromatic heterocycles. The van der Waals surface area contributed by atoms with E-state index in [4.69, 9.17) is 10.2 Å². The number of aliphatic hydroxyl groups is 4. The molecule has 2 heterocycles. The summed E-state index contributed by atoms with van der Waals surface area (Å²) in [6.07, 6.45) is -7.23. The molecule has 4 N–H and O–H groups in total. The zero-order valence-electron chi connectivity index (χ0n) is 17.2. The van der Waals surface area contributed by atoms with Crippen LogP contribution in [-0.2, 0) is 37.2 Å². The van der Waals surface area contributed by atoms with Crippen LogP contribution < -0.4 is 29.8 Å². The fourth-order valence-corrected chi connectivity index (χ4v) is 2.61. The summed E-state index contributed by atoms with van der Waals surface area (Å²) in [5.74, 6) is -7.46. The minimum atomic E-state index is -5.29. The summed E-state index contributed by atoms with van der Waals surface area (Å²) in [6, 6.07) is 0. The molecule has 0 aliphatic carbocycles. The molecule has 0 spiro atoms. The van der Waals surface area contributed by atoms with Gasteiger partial charge in [0.2, 0.25) is 0 Å². The van der Waals surface area contributed by atoms with Gasteiger partial charge < -0.3 is 77.9 Å². The van der Waals surface area contributed by atoms with E-state index in [1.165, 1.54) is 0 Å². The van der Waals surface area contributed by atoms with Crippen molar-refractivity contribution in [3.8, 4) is 0 Å². The van der Waals surface area contributed by atoms with Crippen molar-refractivity contribution >= 4 is 96.7 Å². The summed E-state index contributed by atoms with van der Waals surface area (Å²) in [5, 5.41) is 57.9. The number of rotatable bonds is 8. The van der Waals surface area contributed by atoms with Crippen LogP contribution in [0.1, 0.15) is 0 Å². The quantitative estimate of drug-likeness (QED) is 0.118. The Kier molecular flexibility index (Phi) is 18.2. The van der Waals surface area contributed by atoms with Crippen molar-refractivity contribution in [3.05, 3.63) is 23.0 Å². The molecule has 2 rings (SSSR count). The number of carbonyl (C=O) groups excluding carboxylic acids is 2. The van der Waals surface area contributed by atoms with Gasteiger partial charge in [-0.1, -0.05) is 0 Å². The van der Waals surface area contributed by atoms with Gasteiger partial charge in [-0.25, -0.2) is 9.59 Å². The molecule has 2 aliphatic heterocycles. The summed E-state index contributed by atoms with van der Waals surface area (Å²) in [5.41, 5.74) is 0. The predicted molar refractivity (Wildman–Crippen MR) is 95.5 cm³/mol. The molecule has 35 heavy (non-hydrogen) atoms. The largest absolute Gasteiger partial charge is 2.00 e. The Bertz CT molecular complexity index is 823. The monoisotopic (exact) mass is 578 g/mol. The minimum Gasteiger partial charge on any atom is -0.870 e. The van der Waals surface area contributed by atoms with Crippen LogP contribution in [0.4, 0.5) is 0 Å². The number of ether oxygens (including phenoxy) is 2. The topological polar surface area (TPSA) is 324 Å². The molecule has 0 aromatic carbocycles. The van der Waals surface area contributed by atoms with Crippen LogP contribution in [0.5, 0.6) is 0 Å². The molecule has 0 saturated carbocycles. The van der Waals surface area contributed by atoms with E-state index in [9.17, 15) is 58.7 Å². The van der Waals surface area contributed by atoms with E-state index in [1.807, 2.05) is 0 Å². The first-order valence-corrected chi connectivity index (χ1v) is 10.7. The number of phosphoric acid groups is 2. The third kappa shape index (κ3) is 12.9. The normalized spacial score (nSPS) is 21.4. The van der Waals surface area contributed by atoms with Crippen LogP contribution in [0.25, 0.3) is 0 Å². The van der Waals surface area contributed by atoms with E-state index in [1.54, 1.807) is 0 Å². The van der Waals surface area contributed by atoms with Crippen molar-refractivity contribution < 1.29 is 87.5 Å². The van der Waals surface area contributed by atoms with Crippen molar-refractivity contribution in [1.82, 2.24) is 0 Å². The number of cyclic esters (lactones) is 2. The number of esters is 2. The second-order valence-corrected chi connectivity index (χ2v) is 8.00. The van der Waals surface area contributed by atoms with E-state index in [2.05, 4.69) is 18.5 Å². The van der Waals surface area contributed by atoms with Crippen LogP contribution in [0.2, 0.25) is 0 Å². The summed E-state index contributed by atoms with van der Waals surface area (Å²) >= 11 is 0. The molecule has 0 amide bonds. The molecule has 0 bridgehead atoms. The van der Waals surface area contributed by atoms with E-state index >= 15 is 0 Å². The van der Waals surface area contributed by atoms with E-state index < -0.39 is 88.3 Å². The van der Waals surface area contributed by atoms with Crippen molar-refractivity contribution in [2.24, 2.45) is 0 Å². The zero-order valence-corrected chi connectivity index (χ0v) is 23.3. The Hall–Kier alpha value is 0.0587. The first kappa shape index (κ1) is 39.6. The van der Waals surface area contributed by atoms with Crippen molar-refractivity contribution in [2.45, 2.75) is 24.4 Å². The Morgan fingerprint density at radius 2 is 1.00 bits per heavy atom. The van der Waals surface area contributed by atoms with Gasteiger partial charge in [-0.05, 0) is 11.5 Å². The average Bonchev–Trinajstić information content (AvgIpc) is 3.08. The molecular formula is C12H12Mg3O18P2. The van der Waals surface area contributed by atoms with Crippen molar-refractivity contribution in [1.29, 1.82) is 0 Å². The second-order valence-electron chi connectivity index (χ2n) is 5.70. The van der Waals surface area contributed by atoms with Crippen LogP contribution in [-0.4, -0.2) is 139 Å². The maximum absolute atomic E-state index is 11.0. The van der Waals surface area contributed by atoms with Crippen molar-refractivity contribution in [3.63, 3.8) is 0 Å². The summed E-state index contributed by atoms with van der Waals surface area (Å²) in [4.78, 5) is 61.5. The maximum Gasteiger partial charge on any atom is 2.00 e. The summed E-state index contributed by atoms with van der Waals surface area (Å²) < 4.78 is 35.9. The van der Waals surface area contributed by atoms with Crippen molar-refractivity contribution in [2.75, 3.05) is 13.2 Å². The fourth-order valence-electron chi connectivity index (χ4n) is 1.94. The van der Waals surface area contributed by atoms with Gasteiger partial charge in [-0.15, -0.1) is 0 Å². The summed E-state index contributed by atoms with van der Waals surface area (Å²) in [7, 11) is -10.6. The SMILES string of the molecule is O=C1O[C@H]([C@@H](O)COP(=O)([O-])[O-])C([O-])=C1O.O=C1O[C@H]([C@@H](O)COP(=O)([O-])[O-])C([O-])=C1O.[Mg+2].[Mg+2].[Mg+2]. The molecule has 0 unspecified atom stereocenters. The number of hydrogen-bond acceptors (Lipinski definition) is 18. The molecule has 0 radical (unpaired) electrons. The van der Waals surface area contributed by atoms with Crippen LogP contribution >= 0.6 is 15.6 Å². The minimum absolute atomic E-state index is 0. The molecule has 4 atom stereocenters. The van der Waals surface area contributed by atoms with E-state index in [-0.39, 0.29) is 69.2 Å². The molecule has 23 heteroatoms. The zero-order chi connectivity index (χ0) is 25.0. The molecule has 0 aromatic rings. The number of phosphoric ester groups is 2. The van der Waals surface area contributed by atoms with E-state index in [0.29, 0.717) is 0 Å². The Morgan fingerprint density at radius 1 is 0.743 bits per heavy atom. The van der Waals surface area contributed by atoms with Crippen LogP contribution in [0.15, 0.2) is 23.0 Å². The van der Waals surface area contributed by atoms with Gasteiger partial charge in [0.15, 0.2) is 11.5 Å². The third-order valence-corrected chi connectivity index (χ3v) is 4.27. The standard InChI is InChI=1S/2C6H9O9P.3Mg/c2*7-2(1-14-16(11,12)13)5-3(8)4(9)6(10)15-5;;;/h2*2,5,7-9H,1H2,(H2,11,12,13);;;/q;;3*+2/p-6/t2*2-,5+;;;/m00.../s1. The number of aliphatic hydroxyl groups excluding tert-OH is 4. The molecule has 0 saturated heterocycles. The molecule has 2 aliphatic rings. The average molecular weight is 579 g/mol. The first-order valence-electron chi connectivity index (χ1n) is 7.76. The molecule has 0 fully saturated rings. The number of carbonyl (C=O) groups is 2. The molecule has 18 nitrogen and oxygen atoms in total. The fraction of sp³-hybridized carbons (Fsp3) is 0.500. The Labute approximate surface area is 243 Å². The van der Waals surface area contributed by atoms with Crippen LogP contribution in [0.3, 0.4) is 0 Å². The third-order valence-electron chi connectivity index (χ3n) is 3.34.